The van der Waals surface area contributed by atoms with Crippen molar-refractivity contribution in [3.63, 3.8) is 0 Å². The average Bonchev–Trinajstić information content (AvgIpc) is 3.52. The number of carbonyl (C=O) groups excluding carboxylic acids is 1. The molecule has 4 rings (SSSR count). The van der Waals surface area contributed by atoms with Crippen LogP contribution in [0.4, 0.5) is 11.6 Å². The summed E-state index contributed by atoms with van der Waals surface area (Å²) in [6.45, 7) is 3.25. The minimum absolute atomic E-state index is 0.108. The molecule has 1 saturated heterocycles. The van der Waals surface area contributed by atoms with E-state index in [0.717, 1.165) is 42.0 Å². The van der Waals surface area contributed by atoms with Gasteiger partial charge in [-0.15, -0.1) is 0 Å². The van der Waals surface area contributed by atoms with Gasteiger partial charge in [0, 0.05) is 38.3 Å². The summed E-state index contributed by atoms with van der Waals surface area (Å²) in [5.41, 5.74) is 1.10. The number of nitrogens with one attached hydrogen (secondary N) is 1. The van der Waals surface area contributed by atoms with Gasteiger partial charge in [-0.1, -0.05) is 18.2 Å². The number of hydrogen-bond acceptors (Lipinski definition) is 6. The van der Waals surface area contributed by atoms with Gasteiger partial charge in [0.15, 0.2) is 0 Å². The quantitative estimate of drug-likeness (QED) is 0.809. The molecular weight excluding hydrogens is 342 g/mol. The molecule has 0 atom stereocenters. The highest BCUT2D eigenvalue weighted by Crippen LogP contribution is 2.30. The molecule has 1 aliphatic carbocycles. The van der Waals surface area contributed by atoms with Gasteiger partial charge in [-0.3, -0.25) is 4.79 Å². The van der Waals surface area contributed by atoms with Gasteiger partial charge in [-0.05, 0) is 24.8 Å². The standard InChI is InChI=1S/C20H25N5O2/c1-24-8-9-25(12-20(24)26)19-10-18(22-14-23-19)21-11-16-4-2-3-5-17(16)27-13-15-6-7-15/h2-5,10,14-15H,6-9,11-13H2,1H3,(H,21,22,23). The van der Waals surface area contributed by atoms with Gasteiger partial charge in [0.1, 0.15) is 23.7 Å². The average molecular weight is 367 g/mol. The maximum atomic E-state index is 11.9. The van der Waals surface area contributed by atoms with E-state index < -0.39 is 0 Å². The topological polar surface area (TPSA) is 70.6 Å². The maximum Gasteiger partial charge on any atom is 0.241 e. The monoisotopic (exact) mass is 367 g/mol. The number of anilines is 2. The Morgan fingerprint density at radius 2 is 2.07 bits per heavy atom. The third-order valence-electron chi connectivity index (χ3n) is 5.04. The number of nitrogens with zero attached hydrogens (tertiary/aromatic N) is 4. The molecule has 1 aliphatic heterocycles. The summed E-state index contributed by atoms with van der Waals surface area (Å²) in [6.07, 6.45) is 4.09. The minimum Gasteiger partial charge on any atom is -0.493 e. The van der Waals surface area contributed by atoms with Crippen LogP contribution < -0.4 is 15.0 Å². The third kappa shape index (κ3) is 4.48. The SMILES string of the molecule is CN1CCN(c2cc(NCc3ccccc3OCC3CC3)ncn2)CC1=O. The van der Waals surface area contributed by atoms with E-state index in [2.05, 4.69) is 21.4 Å². The van der Waals surface area contributed by atoms with E-state index in [0.29, 0.717) is 19.6 Å². The van der Waals surface area contributed by atoms with Crippen LogP contribution in [0.25, 0.3) is 0 Å². The Balaban J connectivity index is 1.39. The summed E-state index contributed by atoms with van der Waals surface area (Å²) in [6, 6.07) is 9.99. The van der Waals surface area contributed by atoms with Crippen molar-refractivity contribution >= 4 is 17.5 Å². The molecule has 2 heterocycles. The highest BCUT2D eigenvalue weighted by atomic mass is 16.5. The molecule has 1 aromatic carbocycles. The Bertz CT molecular complexity index is 808. The summed E-state index contributed by atoms with van der Waals surface area (Å²) >= 11 is 0. The zero-order valence-corrected chi connectivity index (χ0v) is 15.6. The van der Waals surface area contributed by atoms with Crippen LogP contribution in [0, 0.1) is 5.92 Å². The number of amides is 1. The van der Waals surface area contributed by atoms with Crippen LogP contribution in [0.1, 0.15) is 18.4 Å². The largest absolute Gasteiger partial charge is 0.493 e. The smallest absolute Gasteiger partial charge is 0.241 e. The molecule has 0 radical (unpaired) electrons. The van der Waals surface area contributed by atoms with E-state index in [1.165, 1.54) is 19.2 Å². The Morgan fingerprint density at radius 1 is 1.22 bits per heavy atom. The van der Waals surface area contributed by atoms with Crippen molar-refractivity contribution in [1.82, 2.24) is 14.9 Å². The third-order valence-corrected chi connectivity index (χ3v) is 5.04. The van der Waals surface area contributed by atoms with Crippen molar-refractivity contribution in [2.75, 3.05) is 43.5 Å². The second kappa shape index (κ2) is 7.82. The van der Waals surface area contributed by atoms with Gasteiger partial charge in [-0.2, -0.15) is 0 Å². The number of piperazine rings is 1. The van der Waals surface area contributed by atoms with Gasteiger partial charge in [0.2, 0.25) is 5.91 Å². The van der Waals surface area contributed by atoms with E-state index in [1.54, 1.807) is 4.90 Å². The minimum atomic E-state index is 0.108. The lowest BCUT2D eigenvalue weighted by Gasteiger charge is -2.32. The lowest BCUT2D eigenvalue weighted by Crippen LogP contribution is -2.48. The van der Waals surface area contributed by atoms with Crippen LogP contribution >= 0.6 is 0 Å². The first-order valence-electron chi connectivity index (χ1n) is 9.44. The van der Waals surface area contributed by atoms with Crippen molar-refractivity contribution < 1.29 is 9.53 Å². The summed E-state index contributed by atoms with van der Waals surface area (Å²) in [7, 11) is 1.83. The van der Waals surface area contributed by atoms with Crippen LogP contribution in [0.15, 0.2) is 36.7 Å². The molecule has 2 fully saturated rings. The fourth-order valence-corrected chi connectivity index (χ4v) is 3.04. The molecule has 7 heteroatoms. The predicted molar refractivity (Wildman–Crippen MR) is 104 cm³/mol. The molecule has 2 aromatic rings. The second-order valence-electron chi connectivity index (χ2n) is 7.21. The van der Waals surface area contributed by atoms with Crippen LogP contribution in [0.3, 0.4) is 0 Å². The van der Waals surface area contributed by atoms with Crippen LogP contribution in [-0.2, 0) is 11.3 Å². The fourth-order valence-electron chi connectivity index (χ4n) is 3.04. The molecule has 1 N–H and O–H groups in total. The van der Waals surface area contributed by atoms with Crippen molar-refractivity contribution in [2.24, 2.45) is 5.92 Å². The Morgan fingerprint density at radius 3 is 2.89 bits per heavy atom. The number of hydrogen-bond donors (Lipinski definition) is 1. The van der Waals surface area contributed by atoms with E-state index >= 15 is 0 Å². The van der Waals surface area contributed by atoms with E-state index in [1.807, 2.05) is 36.2 Å². The summed E-state index contributed by atoms with van der Waals surface area (Å²) in [4.78, 5) is 24.3. The van der Waals surface area contributed by atoms with Crippen LogP contribution in [0.2, 0.25) is 0 Å². The Labute approximate surface area is 159 Å². The first kappa shape index (κ1) is 17.6. The van der Waals surface area contributed by atoms with E-state index in [-0.39, 0.29) is 5.91 Å². The predicted octanol–water partition coefficient (Wildman–Crippen LogP) is 2.16. The molecule has 27 heavy (non-hydrogen) atoms. The second-order valence-corrected chi connectivity index (χ2v) is 7.21. The van der Waals surface area contributed by atoms with Gasteiger partial charge in [-0.25, -0.2) is 9.97 Å². The lowest BCUT2D eigenvalue weighted by molar-refractivity contribution is -0.129. The molecule has 0 unspecified atom stereocenters. The highest BCUT2D eigenvalue weighted by Gasteiger charge is 2.23. The lowest BCUT2D eigenvalue weighted by atomic mass is 10.2. The summed E-state index contributed by atoms with van der Waals surface area (Å²) in [5.74, 6) is 3.27. The summed E-state index contributed by atoms with van der Waals surface area (Å²) < 4.78 is 5.97. The fraction of sp³-hybridized carbons (Fsp3) is 0.450. The first-order valence-corrected chi connectivity index (χ1v) is 9.44. The Hall–Kier alpha value is -2.83. The molecule has 0 bridgehead atoms. The number of ether oxygens (including phenoxy) is 1. The number of likely N-dealkylation sites (N-methyl/N-ethyl adjacent to an activating group) is 1. The van der Waals surface area contributed by atoms with Gasteiger partial charge < -0.3 is 19.9 Å². The molecule has 7 nitrogen and oxygen atoms in total. The molecular formula is C20H25N5O2. The van der Waals surface area contributed by atoms with Crippen molar-refractivity contribution in [3.05, 3.63) is 42.2 Å². The molecule has 0 spiro atoms. The molecule has 1 saturated carbocycles. The highest BCUT2D eigenvalue weighted by molar-refractivity contribution is 5.82. The van der Waals surface area contributed by atoms with Crippen LogP contribution in [0.5, 0.6) is 5.75 Å². The van der Waals surface area contributed by atoms with E-state index in [4.69, 9.17) is 4.74 Å². The zero-order valence-electron chi connectivity index (χ0n) is 15.6. The molecule has 1 aromatic heterocycles. The van der Waals surface area contributed by atoms with Crippen molar-refractivity contribution in [1.29, 1.82) is 0 Å². The Kier molecular flexibility index (Phi) is 5.09. The number of aromatic nitrogens is 2. The molecule has 142 valence electrons. The molecule has 2 aliphatic rings. The number of carbonyl (C=O) groups is 1. The van der Waals surface area contributed by atoms with E-state index in [9.17, 15) is 4.79 Å². The van der Waals surface area contributed by atoms with Crippen molar-refractivity contribution in [2.45, 2.75) is 19.4 Å². The van der Waals surface area contributed by atoms with Gasteiger partial charge in [0.05, 0.1) is 13.2 Å². The number of rotatable bonds is 7. The first-order chi connectivity index (χ1) is 13.2. The maximum absolute atomic E-state index is 11.9. The van der Waals surface area contributed by atoms with Gasteiger partial charge in [0.25, 0.3) is 0 Å². The van der Waals surface area contributed by atoms with Gasteiger partial charge >= 0.3 is 0 Å². The van der Waals surface area contributed by atoms with Crippen LogP contribution in [-0.4, -0.2) is 54.1 Å². The normalized spacial score (nSPS) is 17.1. The summed E-state index contributed by atoms with van der Waals surface area (Å²) in [5, 5.41) is 3.35. The number of para-hydroxylation sites is 1. The zero-order chi connectivity index (χ0) is 18.6. The molecule has 1 amide bonds. The van der Waals surface area contributed by atoms with Crippen molar-refractivity contribution in [3.8, 4) is 5.75 Å². The number of benzene rings is 1.